The smallest absolute Gasteiger partial charge is 0.0522 e. The van der Waals surface area contributed by atoms with Crippen LogP contribution in [0.4, 0.5) is 0 Å². The van der Waals surface area contributed by atoms with Crippen molar-refractivity contribution in [2.45, 2.75) is 72.8 Å². The summed E-state index contributed by atoms with van der Waals surface area (Å²) < 4.78 is 0. The number of nitrogens with zero attached hydrogens (tertiary/aromatic N) is 1. The van der Waals surface area contributed by atoms with Gasteiger partial charge in [0, 0.05) is 11.7 Å². The van der Waals surface area contributed by atoms with Crippen LogP contribution in [-0.4, -0.2) is 22.8 Å². The number of aromatic nitrogens is 2. The molecule has 0 spiro atoms. The molecule has 0 atom stereocenters. The Morgan fingerprint density at radius 3 is 2.45 bits per heavy atom. The van der Waals surface area contributed by atoms with Gasteiger partial charge >= 0.3 is 0 Å². The number of aromatic amines is 1. The van der Waals surface area contributed by atoms with E-state index in [2.05, 4.69) is 50.1 Å². The van der Waals surface area contributed by atoms with Crippen LogP contribution >= 0.6 is 0 Å². The molecule has 0 bridgehead atoms. The van der Waals surface area contributed by atoms with E-state index in [0.29, 0.717) is 16.9 Å². The number of nitrogens with one attached hydrogen (secondary N) is 2. The first-order valence-electron chi connectivity index (χ1n) is 8.00. The molecular formula is C17H31N3. The summed E-state index contributed by atoms with van der Waals surface area (Å²) >= 11 is 0. The van der Waals surface area contributed by atoms with Gasteiger partial charge < -0.3 is 5.32 Å². The number of aryl methyl sites for hydroxylation is 2. The largest absolute Gasteiger partial charge is 0.314 e. The van der Waals surface area contributed by atoms with Gasteiger partial charge in [0.25, 0.3) is 0 Å². The molecule has 3 heteroatoms. The minimum atomic E-state index is 0.473. The number of hydrogen-bond acceptors (Lipinski definition) is 2. The highest BCUT2D eigenvalue weighted by molar-refractivity contribution is 5.14. The van der Waals surface area contributed by atoms with Gasteiger partial charge in [0.2, 0.25) is 0 Å². The van der Waals surface area contributed by atoms with Gasteiger partial charge in [0.05, 0.1) is 6.20 Å². The summed E-state index contributed by atoms with van der Waals surface area (Å²) in [6.45, 7) is 12.9. The lowest BCUT2D eigenvalue weighted by Gasteiger charge is -2.45. The maximum absolute atomic E-state index is 4.08. The highest BCUT2D eigenvalue weighted by atomic mass is 15.1. The molecule has 1 aliphatic carbocycles. The first-order valence-corrected chi connectivity index (χ1v) is 8.00. The first kappa shape index (κ1) is 15.6. The van der Waals surface area contributed by atoms with Gasteiger partial charge in [-0.1, -0.05) is 27.7 Å². The second kappa shape index (κ2) is 5.88. The van der Waals surface area contributed by atoms with Gasteiger partial charge in [0.15, 0.2) is 0 Å². The molecule has 0 aromatic carbocycles. The van der Waals surface area contributed by atoms with E-state index in [4.69, 9.17) is 0 Å². The van der Waals surface area contributed by atoms with E-state index >= 15 is 0 Å². The maximum atomic E-state index is 4.08. The van der Waals surface area contributed by atoms with E-state index in [1.165, 1.54) is 36.9 Å². The molecule has 0 radical (unpaired) electrons. The fourth-order valence-corrected chi connectivity index (χ4v) is 4.20. The van der Waals surface area contributed by atoms with Crippen LogP contribution in [0.25, 0.3) is 0 Å². The van der Waals surface area contributed by atoms with Gasteiger partial charge in [-0.25, -0.2) is 0 Å². The molecule has 1 heterocycles. The molecule has 2 N–H and O–H groups in total. The van der Waals surface area contributed by atoms with E-state index in [9.17, 15) is 0 Å². The Balaban J connectivity index is 1.75. The van der Waals surface area contributed by atoms with Gasteiger partial charge in [-0.15, -0.1) is 0 Å². The molecule has 0 unspecified atom stereocenters. The highest BCUT2D eigenvalue weighted by Gasteiger charge is 2.37. The zero-order valence-electron chi connectivity index (χ0n) is 13.8. The zero-order chi connectivity index (χ0) is 14.8. The summed E-state index contributed by atoms with van der Waals surface area (Å²) in [5, 5.41) is 10.9. The average Bonchev–Trinajstić information content (AvgIpc) is 2.66. The molecule has 114 valence electrons. The van der Waals surface area contributed by atoms with Crippen LogP contribution in [0.3, 0.4) is 0 Å². The summed E-state index contributed by atoms with van der Waals surface area (Å²) in [6.07, 6.45) is 8.23. The monoisotopic (exact) mass is 277 g/mol. The van der Waals surface area contributed by atoms with Crippen molar-refractivity contribution in [3.05, 3.63) is 17.5 Å². The normalized spacial score (nSPS) is 22.1. The van der Waals surface area contributed by atoms with Crippen LogP contribution in [-0.2, 0) is 6.42 Å². The maximum Gasteiger partial charge on any atom is 0.0522 e. The standard InChI is InChI=1S/C17H31N3/c1-13-14(11-19-20-13)7-6-8-18-15-9-16(2,3)12-17(4,5)10-15/h11,15,18H,6-10,12H2,1-5H3,(H,19,20). The Hall–Kier alpha value is -0.830. The van der Waals surface area contributed by atoms with Crippen molar-refractivity contribution < 1.29 is 0 Å². The molecule has 1 aromatic rings. The van der Waals surface area contributed by atoms with E-state index in [1.807, 2.05) is 6.20 Å². The Morgan fingerprint density at radius 2 is 1.90 bits per heavy atom. The molecular weight excluding hydrogens is 246 g/mol. The van der Waals surface area contributed by atoms with Crippen molar-refractivity contribution in [2.24, 2.45) is 10.8 Å². The minimum absolute atomic E-state index is 0.473. The SMILES string of the molecule is Cc1[nH]ncc1CCCNC1CC(C)(C)CC(C)(C)C1. The lowest BCUT2D eigenvalue weighted by Crippen LogP contribution is -2.44. The highest BCUT2D eigenvalue weighted by Crippen LogP contribution is 2.45. The summed E-state index contributed by atoms with van der Waals surface area (Å²) in [6, 6.07) is 0.680. The third-order valence-electron chi connectivity index (χ3n) is 4.55. The third-order valence-corrected chi connectivity index (χ3v) is 4.55. The van der Waals surface area contributed by atoms with Crippen molar-refractivity contribution in [3.63, 3.8) is 0 Å². The van der Waals surface area contributed by atoms with Crippen LogP contribution in [0.5, 0.6) is 0 Å². The second-order valence-electron chi connectivity index (χ2n) is 8.19. The van der Waals surface area contributed by atoms with E-state index in [-0.39, 0.29) is 0 Å². The molecule has 0 saturated heterocycles. The molecule has 0 amide bonds. The molecule has 20 heavy (non-hydrogen) atoms. The van der Waals surface area contributed by atoms with Crippen molar-refractivity contribution >= 4 is 0 Å². The lowest BCUT2D eigenvalue weighted by atomic mass is 9.63. The number of rotatable bonds is 5. The van der Waals surface area contributed by atoms with Crippen LogP contribution < -0.4 is 5.32 Å². The molecule has 1 saturated carbocycles. The topological polar surface area (TPSA) is 40.7 Å². The van der Waals surface area contributed by atoms with Crippen molar-refractivity contribution in [2.75, 3.05) is 6.54 Å². The van der Waals surface area contributed by atoms with E-state index in [1.54, 1.807) is 0 Å². The summed E-state index contributed by atoms with van der Waals surface area (Å²) in [5.74, 6) is 0. The van der Waals surface area contributed by atoms with Crippen molar-refractivity contribution in [1.82, 2.24) is 15.5 Å². The minimum Gasteiger partial charge on any atom is -0.314 e. The van der Waals surface area contributed by atoms with Crippen molar-refractivity contribution in [3.8, 4) is 0 Å². The Bertz CT molecular complexity index is 415. The van der Waals surface area contributed by atoms with Crippen molar-refractivity contribution in [1.29, 1.82) is 0 Å². The summed E-state index contributed by atoms with van der Waals surface area (Å²) in [5.41, 5.74) is 3.52. The van der Waals surface area contributed by atoms with Crippen LogP contribution in [0.15, 0.2) is 6.20 Å². The quantitative estimate of drug-likeness (QED) is 0.803. The predicted molar refractivity (Wildman–Crippen MR) is 84.8 cm³/mol. The lowest BCUT2D eigenvalue weighted by molar-refractivity contribution is 0.0852. The fraction of sp³-hybridized carbons (Fsp3) is 0.824. The molecule has 3 nitrogen and oxygen atoms in total. The van der Waals surface area contributed by atoms with Gasteiger partial charge in [-0.05, 0) is 62.0 Å². The number of H-pyrrole nitrogens is 1. The Kier molecular flexibility index (Phi) is 4.58. The molecule has 2 rings (SSSR count). The second-order valence-corrected chi connectivity index (χ2v) is 8.19. The predicted octanol–water partition coefficient (Wildman–Crippen LogP) is 3.85. The molecule has 1 aliphatic rings. The van der Waals surface area contributed by atoms with E-state index in [0.717, 1.165) is 13.0 Å². The average molecular weight is 277 g/mol. The molecule has 0 aliphatic heterocycles. The summed E-state index contributed by atoms with van der Waals surface area (Å²) in [4.78, 5) is 0. The summed E-state index contributed by atoms with van der Waals surface area (Å²) in [7, 11) is 0. The Morgan fingerprint density at radius 1 is 1.25 bits per heavy atom. The van der Waals surface area contributed by atoms with Crippen LogP contribution in [0.1, 0.15) is 64.6 Å². The van der Waals surface area contributed by atoms with E-state index < -0.39 is 0 Å². The van der Waals surface area contributed by atoms with Gasteiger partial charge in [-0.3, -0.25) is 5.10 Å². The first-order chi connectivity index (χ1) is 9.27. The third kappa shape index (κ3) is 4.34. The van der Waals surface area contributed by atoms with Crippen LogP contribution in [0.2, 0.25) is 0 Å². The molecule has 1 aromatic heterocycles. The fourth-order valence-electron chi connectivity index (χ4n) is 4.20. The van der Waals surface area contributed by atoms with Gasteiger partial charge in [0.1, 0.15) is 0 Å². The van der Waals surface area contributed by atoms with Gasteiger partial charge in [-0.2, -0.15) is 5.10 Å². The zero-order valence-corrected chi connectivity index (χ0v) is 13.8. The van der Waals surface area contributed by atoms with Crippen LogP contribution in [0, 0.1) is 17.8 Å². The Labute approximate surface area is 123 Å². The number of hydrogen-bond donors (Lipinski definition) is 2. The molecule has 1 fully saturated rings.